The Bertz CT molecular complexity index is 743. The third-order valence-electron chi connectivity index (χ3n) is 4.04. The molecule has 4 nitrogen and oxygen atoms in total. The van der Waals surface area contributed by atoms with E-state index in [4.69, 9.17) is 9.15 Å². The minimum atomic E-state index is -0.000270. The number of thiophene rings is 1. The fourth-order valence-electron chi connectivity index (χ4n) is 2.60. The van der Waals surface area contributed by atoms with Gasteiger partial charge in [-0.1, -0.05) is 19.4 Å². The van der Waals surface area contributed by atoms with Crippen molar-refractivity contribution in [3.63, 3.8) is 0 Å². The Labute approximate surface area is 158 Å². The highest BCUT2D eigenvalue weighted by Crippen LogP contribution is 2.19. The lowest BCUT2D eigenvalue weighted by molar-refractivity contribution is 0.0731. The van der Waals surface area contributed by atoms with E-state index < -0.39 is 0 Å². The van der Waals surface area contributed by atoms with Crippen LogP contribution in [0.15, 0.2) is 64.8 Å². The van der Waals surface area contributed by atoms with Gasteiger partial charge in [0.2, 0.25) is 0 Å². The average Bonchev–Trinajstić information content (AvgIpc) is 3.35. The predicted molar refractivity (Wildman–Crippen MR) is 103 cm³/mol. The number of hydrogen-bond donors (Lipinski definition) is 0. The Kier molecular flexibility index (Phi) is 6.50. The third-order valence-corrected chi connectivity index (χ3v) is 4.90. The molecule has 0 aliphatic rings. The zero-order valence-electron chi connectivity index (χ0n) is 14.9. The second-order valence-corrected chi connectivity index (χ2v) is 7.13. The van der Waals surface area contributed by atoms with Crippen LogP contribution in [0.4, 0.5) is 0 Å². The van der Waals surface area contributed by atoms with Crippen LogP contribution < -0.4 is 4.74 Å². The van der Waals surface area contributed by atoms with Crippen LogP contribution in [0.5, 0.6) is 5.75 Å². The van der Waals surface area contributed by atoms with Crippen molar-refractivity contribution in [2.24, 2.45) is 0 Å². The summed E-state index contributed by atoms with van der Waals surface area (Å²) in [5.41, 5.74) is 1.64. The van der Waals surface area contributed by atoms with Crippen LogP contribution in [-0.2, 0) is 13.1 Å². The van der Waals surface area contributed by atoms with Gasteiger partial charge in [0.05, 0.1) is 25.7 Å². The fraction of sp³-hybridized carbons (Fsp3) is 0.286. The van der Waals surface area contributed by atoms with Crippen LogP contribution in [0, 0.1) is 0 Å². The highest BCUT2D eigenvalue weighted by atomic mass is 32.1. The number of unbranched alkanes of at least 4 members (excludes halogenated alkanes) is 1. The van der Waals surface area contributed by atoms with E-state index in [2.05, 4.69) is 6.92 Å². The second kappa shape index (κ2) is 9.25. The summed E-state index contributed by atoms with van der Waals surface area (Å²) in [7, 11) is 0. The van der Waals surface area contributed by atoms with E-state index in [1.165, 1.54) is 0 Å². The minimum Gasteiger partial charge on any atom is -0.494 e. The first-order chi connectivity index (χ1) is 12.8. The molecule has 5 heteroatoms. The first kappa shape index (κ1) is 18.3. The zero-order chi connectivity index (χ0) is 18.2. The predicted octanol–water partition coefficient (Wildman–Crippen LogP) is 5.36. The van der Waals surface area contributed by atoms with Crippen LogP contribution in [0.25, 0.3) is 0 Å². The van der Waals surface area contributed by atoms with Crippen molar-refractivity contribution in [1.29, 1.82) is 0 Å². The molecule has 2 aromatic heterocycles. The van der Waals surface area contributed by atoms with E-state index in [0.29, 0.717) is 25.3 Å². The SMILES string of the molecule is CCCCOc1ccc(C(=O)N(Cc2ccoc2)Cc2cccs2)cc1. The van der Waals surface area contributed by atoms with Crippen molar-refractivity contribution in [2.75, 3.05) is 6.61 Å². The highest BCUT2D eigenvalue weighted by Gasteiger charge is 2.18. The van der Waals surface area contributed by atoms with Gasteiger partial charge in [-0.2, -0.15) is 0 Å². The number of rotatable bonds is 9. The first-order valence-electron chi connectivity index (χ1n) is 8.82. The molecule has 0 radical (unpaired) electrons. The third kappa shape index (κ3) is 4.99. The Hall–Kier alpha value is -2.53. The van der Waals surface area contributed by atoms with Gasteiger partial charge in [-0.15, -0.1) is 11.3 Å². The number of amides is 1. The lowest BCUT2D eigenvalue weighted by Crippen LogP contribution is -2.29. The van der Waals surface area contributed by atoms with Gasteiger partial charge in [0.25, 0.3) is 5.91 Å². The van der Waals surface area contributed by atoms with Crippen LogP contribution in [-0.4, -0.2) is 17.4 Å². The first-order valence-corrected chi connectivity index (χ1v) is 9.70. The number of benzene rings is 1. The van der Waals surface area contributed by atoms with E-state index >= 15 is 0 Å². The molecule has 2 heterocycles. The van der Waals surface area contributed by atoms with E-state index in [-0.39, 0.29) is 5.91 Å². The van der Waals surface area contributed by atoms with E-state index in [0.717, 1.165) is 29.0 Å². The van der Waals surface area contributed by atoms with Gasteiger partial charge in [-0.3, -0.25) is 4.79 Å². The zero-order valence-corrected chi connectivity index (χ0v) is 15.7. The number of furan rings is 1. The molecule has 3 aromatic rings. The molecule has 1 aromatic carbocycles. The van der Waals surface area contributed by atoms with Gasteiger partial charge in [0, 0.05) is 22.5 Å². The number of nitrogens with zero attached hydrogens (tertiary/aromatic N) is 1. The Balaban J connectivity index is 1.71. The Morgan fingerprint density at radius 2 is 2.00 bits per heavy atom. The van der Waals surface area contributed by atoms with Gasteiger partial charge >= 0.3 is 0 Å². The molecule has 1 amide bonds. The normalized spacial score (nSPS) is 10.7. The molecule has 0 unspecified atom stereocenters. The maximum atomic E-state index is 13.0. The molecule has 0 aliphatic carbocycles. The molecule has 0 saturated heterocycles. The van der Waals surface area contributed by atoms with Gasteiger partial charge in [0.15, 0.2) is 0 Å². The largest absolute Gasteiger partial charge is 0.494 e. The second-order valence-electron chi connectivity index (χ2n) is 6.10. The summed E-state index contributed by atoms with van der Waals surface area (Å²) in [6.07, 6.45) is 5.44. The summed E-state index contributed by atoms with van der Waals surface area (Å²) in [4.78, 5) is 16.0. The number of hydrogen-bond acceptors (Lipinski definition) is 4. The minimum absolute atomic E-state index is 0.000270. The van der Waals surface area contributed by atoms with Crippen LogP contribution in [0.1, 0.15) is 40.6 Å². The van der Waals surface area contributed by atoms with Crippen LogP contribution >= 0.6 is 11.3 Å². The van der Waals surface area contributed by atoms with E-state index in [9.17, 15) is 4.79 Å². The number of carbonyl (C=O) groups excluding carboxylic acids is 1. The molecular weight excluding hydrogens is 346 g/mol. The molecule has 0 atom stereocenters. The van der Waals surface area contributed by atoms with E-state index in [1.54, 1.807) is 23.9 Å². The van der Waals surface area contributed by atoms with E-state index in [1.807, 2.05) is 52.7 Å². The molecule has 26 heavy (non-hydrogen) atoms. The maximum Gasteiger partial charge on any atom is 0.254 e. The molecule has 0 saturated carbocycles. The quantitative estimate of drug-likeness (QED) is 0.477. The summed E-state index contributed by atoms with van der Waals surface area (Å²) in [5.74, 6) is 0.800. The Morgan fingerprint density at radius 3 is 2.65 bits per heavy atom. The molecule has 136 valence electrons. The summed E-state index contributed by atoms with van der Waals surface area (Å²) in [5, 5.41) is 2.03. The van der Waals surface area contributed by atoms with Gasteiger partial charge in [-0.25, -0.2) is 0 Å². The molecule has 0 fully saturated rings. The maximum absolute atomic E-state index is 13.0. The molecular formula is C21H23NO3S. The average molecular weight is 369 g/mol. The summed E-state index contributed by atoms with van der Waals surface area (Å²) in [6.45, 7) is 3.93. The van der Waals surface area contributed by atoms with Gasteiger partial charge < -0.3 is 14.1 Å². The highest BCUT2D eigenvalue weighted by molar-refractivity contribution is 7.09. The molecule has 0 spiro atoms. The van der Waals surface area contributed by atoms with Gasteiger partial charge in [-0.05, 0) is 48.2 Å². The van der Waals surface area contributed by atoms with Crippen molar-refractivity contribution in [1.82, 2.24) is 4.90 Å². The topological polar surface area (TPSA) is 42.7 Å². The Morgan fingerprint density at radius 1 is 1.15 bits per heavy atom. The standard InChI is InChI=1S/C21H23NO3S/c1-2-3-11-25-19-8-6-18(7-9-19)21(23)22(14-17-10-12-24-16-17)15-20-5-4-13-26-20/h4-10,12-13,16H,2-3,11,14-15H2,1H3. The molecule has 0 aliphatic heterocycles. The van der Waals surface area contributed by atoms with Crippen LogP contribution in [0.2, 0.25) is 0 Å². The monoisotopic (exact) mass is 369 g/mol. The summed E-state index contributed by atoms with van der Waals surface area (Å²) >= 11 is 1.65. The lowest BCUT2D eigenvalue weighted by Gasteiger charge is -2.22. The van der Waals surface area contributed by atoms with Crippen molar-refractivity contribution in [3.05, 3.63) is 76.4 Å². The summed E-state index contributed by atoms with van der Waals surface area (Å²) < 4.78 is 10.8. The van der Waals surface area contributed by atoms with Gasteiger partial charge in [0.1, 0.15) is 5.75 Å². The van der Waals surface area contributed by atoms with Crippen molar-refractivity contribution in [3.8, 4) is 5.75 Å². The fourth-order valence-corrected chi connectivity index (χ4v) is 3.32. The lowest BCUT2D eigenvalue weighted by atomic mass is 10.1. The molecule has 3 rings (SSSR count). The summed E-state index contributed by atoms with van der Waals surface area (Å²) in [6, 6.07) is 13.3. The van der Waals surface area contributed by atoms with Crippen molar-refractivity contribution >= 4 is 17.2 Å². The van der Waals surface area contributed by atoms with Crippen LogP contribution in [0.3, 0.4) is 0 Å². The number of ether oxygens (including phenoxy) is 1. The molecule has 0 N–H and O–H groups in total. The molecule has 0 bridgehead atoms. The smallest absolute Gasteiger partial charge is 0.254 e. The number of carbonyl (C=O) groups is 1. The van der Waals surface area contributed by atoms with Crippen molar-refractivity contribution < 1.29 is 13.9 Å². The van der Waals surface area contributed by atoms with Crippen molar-refractivity contribution in [2.45, 2.75) is 32.9 Å².